The number of aliphatic carboxylic acids is 1. The lowest BCUT2D eigenvalue weighted by atomic mass is 10.0. The monoisotopic (exact) mass is 303 g/mol. The fourth-order valence-electron chi connectivity index (χ4n) is 2.97. The quantitative estimate of drug-likeness (QED) is 0.689. The first kappa shape index (κ1) is 16.5. The van der Waals surface area contributed by atoms with Gasteiger partial charge in [0, 0.05) is 13.0 Å². The summed E-state index contributed by atoms with van der Waals surface area (Å²) in [5, 5.41) is 11.5. The number of amides is 1. The van der Waals surface area contributed by atoms with Crippen LogP contribution in [0.5, 0.6) is 0 Å². The highest BCUT2D eigenvalue weighted by Crippen LogP contribution is 2.22. The molecule has 1 aliphatic carbocycles. The first-order valence-corrected chi connectivity index (χ1v) is 8.24. The molecule has 0 bridgehead atoms. The Hall–Kier alpha value is -1.84. The number of carbonyl (C=O) groups excluding carboxylic acids is 1. The van der Waals surface area contributed by atoms with Crippen LogP contribution in [0.3, 0.4) is 0 Å². The van der Waals surface area contributed by atoms with E-state index in [0.29, 0.717) is 13.0 Å². The third-order valence-electron chi connectivity index (χ3n) is 4.17. The molecule has 2 N–H and O–H groups in total. The Morgan fingerprint density at radius 2 is 1.82 bits per heavy atom. The van der Waals surface area contributed by atoms with Crippen molar-refractivity contribution in [1.82, 2.24) is 5.32 Å². The van der Waals surface area contributed by atoms with Crippen LogP contribution in [0.2, 0.25) is 0 Å². The van der Waals surface area contributed by atoms with Crippen LogP contribution in [0, 0.1) is 0 Å². The number of benzene rings is 1. The van der Waals surface area contributed by atoms with Crippen LogP contribution in [0.4, 0.5) is 0 Å². The summed E-state index contributed by atoms with van der Waals surface area (Å²) in [5.74, 6) is -0.661. The topological polar surface area (TPSA) is 66.4 Å². The maximum atomic E-state index is 11.9. The van der Waals surface area contributed by atoms with Crippen LogP contribution in [0.25, 0.3) is 0 Å². The smallest absolute Gasteiger partial charge is 0.303 e. The molecule has 0 atom stereocenters. The first-order chi connectivity index (χ1) is 10.6. The van der Waals surface area contributed by atoms with Gasteiger partial charge in [-0.2, -0.15) is 0 Å². The zero-order valence-electron chi connectivity index (χ0n) is 13.1. The van der Waals surface area contributed by atoms with Crippen molar-refractivity contribution < 1.29 is 14.7 Å². The van der Waals surface area contributed by atoms with Crippen molar-refractivity contribution in [2.45, 2.75) is 57.8 Å². The second kappa shape index (κ2) is 8.57. The van der Waals surface area contributed by atoms with Crippen molar-refractivity contribution in [3.05, 3.63) is 34.9 Å². The third-order valence-corrected chi connectivity index (χ3v) is 4.17. The lowest BCUT2D eigenvalue weighted by Crippen LogP contribution is -2.26. The van der Waals surface area contributed by atoms with Crippen molar-refractivity contribution in [2.75, 3.05) is 6.54 Å². The van der Waals surface area contributed by atoms with Crippen LogP contribution < -0.4 is 5.32 Å². The summed E-state index contributed by atoms with van der Waals surface area (Å²) in [7, 11) is 0. The molecule has 4 heteroatoms. The van der Waals surface area contributed by atoms with Crippen molar-refractivity contribution in [2.24, 2.45) is 0 Å². The van der Waals surface area contributed by atoms with Gasteiger partial charge in [-0.25, -0.2) is 0 Å². The number of rotatable bonds is 9. The minimum Gasteiger partial charge on any atom is -0.481 e. The van der Waals surface area contributed by atoms with Gasteiger partial charge in [0.1, 0.15) is 0 Å². The molecule has 0 saturated heterocycles. The second-order valence-corrected chi connectivity index (χ2v) is 6.04. The zero-order chi connectivity index (χ0) is 15.8. The van der Waals surface area contributed by atoms with E-state index >= 15 is 0 Å². The highest BCUT2D eigenvalue weighted by molar-refractivity contribution is 5.78. The molecule has 1 aliphatic rings. The molecule has 1 amide bonds. The predicted octanol–water partition coefficient (Wildman–Crippen LogP) is 2.87. The molecule has 0 aliphatic heterocycles. The van der Waals surface area contributed by atoms with Gasteiger partial charge in [0.2, 0.25) is 5.91 Å². The van der Waals surface area contributed by atoms with Crippen molar-refractivity contribution in [3.8, 4) is 0 Å². The molecule has 0 spiro atoms. The molecule has 0 fully saturated rings. The lowest BCUT2D eigenvalue weighted by Gasteiger charge is -2.07. The molecule has 0 radical (unpaired) electrons. The van der Waals surface area contributed by atoms with E-state index in [0.717, 1.165) is 37.7 Å². The van der Waals surface area contributed by atoms with E-state index in [1.54, 1.807) is 0 Å². The number of unbranched alkanes of at least 4 members (excludes halogenated alkanes) is 3. The molecular formula is C18H25NO3. The van der Waals surface area contributed by atoms with Gasteiger partial charge in [-0.1, -0.05) is 31.0 Å². The summed E-state index contributed by atoms with van der Waals surface area (Å²) in [6, 6.07) is 6.40. The molecule has 0 unspecified atom stereocenters. The molecular weight excluding hydrogens is 278 g/mol. The number of hydrogen-bond donors (Lipinski definition) is 2. The Kier molecular flexibility index (Phi) is 6.44. The van der Waals surface area contributed by atoms with Gasteiger partial charge >= 0.3 is 5.97 Å². The van der Waals surface area contributed by atoms with E-state index in [9.17, 15) is 9.59 Å². The Morgan fingerprint density at radius 3 is 2.64 bits per heavy atom. The molecule has 0 saturated carbocycles. The largest absolute Gasteiger partial charge is 0.481 e. The van der Waals surface area contributed by atoms with E-state index < -0.39 is 5.97 Å². The van der Waals surface area contributed by atoms with Gasteiger partial charge in [-0.3, -0.25) is 9.59 Å². The van der Waals surface area contributed by atoms with E-state index in [1.807, 2.05) is 0 Å². The fourth-order valence-corrected chi connectivity index (χ4v) is 2.97. The van der Waals surface area contributed by atoms with Gasteiger partial charge in [0.25, 0.3) is 0 Å². The van der Waals surface area contributed by atoms with Crippen LogP contribution in [0.1, 0.15) is 55.2 Å². The first-order valence-electron chi connectivity index (χ1n) is 8.24. The van der Waals surface area contributed by atoms with Gasteiger partial charge < -0.3 is 10.4 Å². The van der Waals surface area contributed by atoms with Crippen LogP contribution in [-0.2, 0) is 28.9 Å². The number of carboxylic acids is 1. The van der Waals surface area contributed by atoms with Crippen molar-refractivity contribution in [3.63, 3.8) is 0 Å². The highest BCUT2D eigenvalue weighted by atomic mass is 16.4. The summed E-state index contributed by atoms with van der Waals surface area (Å²) >= 11 is 0. The molecule has 1 aromatic rings. The number of fused-ring (bicyclic) bond motifs is 1. The predicted molar refractivity (Wildman–Crippen MR) is 85.9 cm³/mol. The summed E-state index contributed by atoms with van der Waals surface area (Å²) in [5.41, 5.74) is 3.94. The summed E-state index contributed by atoms with van der Waals surface area (Å²) in [6.07, 6.45) is 7.74. The standard InChI is InChI=1S/C18H25NO3/c20-17(19-11-4-2-1-3-8-18(21)22)13-14-9-10-15-6-5-7-16(15)12-14/h9-10,12H,1-8,11,13H2,(H,19,20)(H,21,22). The van der Waals surface area contributed by atoms with Gasteiger partial charge in [0.15, 0.2) is 0 Å². The molecule has 120 valence electrons. The van der Waals surface area contributed by atoms with E-state index in [1.165, 1.54) is 24.0 Å². The molecule has 0 heterocycles. The number of carbonyl (C=O) groups is 2. The van der Waals surface area contributed by atoms with Gasteiger partial charge in [-0.05, 0) is 48.8 Å². The Labute approximate surface area is 131 Å². The Morgan fingerprint density at radius 1 is 1.05 bits per heavy atom. The zero-order valence-corrected chi connectivity index (χ0v) is 13.1. The van der Waals surface area contributed by atoms with E-state index in [-0.39, 0.29) is 12.3 Å². The SMILES string of the molecule is O=C(O)CCCCCCNC(=O)Cc1ccc2c(c1)CCC2. The third kappa shape index (κ3) is 5.51. The molecule has 0 aromatic heterocycles. The minimum atomic E-state index is -0.734. The summed E-state index contributed by atoms with van der Waals surface area (Å²) < 4.78 is 0. The maximum Gasteiger partial charge on any atom is 0.303 e. The van der Waals surface area contributed by atoms with E-state index in [4.69, 9.17) is 5.11 Å². The van der Waals surface area contributed by atoms with Crippen LogP contribution in [-0.4, -0.2) is 23.5 Å². The van der Waals surface area contributed by atoms with Crippen LogP contribution >= 0.6 is 0 Å². The lowest BCUT2D eigenvalue weighted by molar-refractivity contribution is -0.137. The molecule has 2 rings (SSSR count). The number of nitrogens with one attached hydrogen (secondary N) is 1. The number of carboxylic acid groups (broad SMARTS) is 1. The average molecular weight is 303 g/mol. The highest BCUT2D eigenvalue weighted by Gasteiger charge is 2.12. The molecule has 4 nitrogen and oxygen atoms in total. The number of aryl methyl sites for hydroxylation is 2. The minimum absolute atomic E-state index is 0.0727. The van der Waals surface area contributed by atoms with Gasteiger partial charge in [-0.15, -0.1) is 0 Å². The van der Waals surface area contributed by atoms with Crippen molar-refractivity contribution in [1.29, 1.82) is 0 Å². The average Bonchev–Trinajstić information content (AvgIpc) is 2.93. The van der Waals surface area contributed by atoms with Crippen LogP contribution in [0.15, 0.2) is 18.2 Å². The Balaban J connectivity index is 1.59. The maximum absolute atomic E-state index is 11.9. The second-order valence-electron chi connectivity index (χ2n) is 6.04. The molecule has 1 aromatic carbocycles. The van der Waals surface area contributed by atoms with E-state index in [2.05, 4.69) is 23.5 Å². The summed E-state index contributed by atoms with van der Waals surface area (Å²) in [6.45, 7) is 0.677. The van der Waals surface area contributed by atoms with Crippen molar-refractivity contribution >= 4 is 11.9 Å². The Bertz CT molecular complexity index is 525. The number of hydrogen-bond acceptors (Lipinski definition) is 2. The summed E-state index contributed by atoms with van der Waals surface area (Å²) in [4.78, 5) is 22.3. The van der Waals surface area contributed by atoms with Gasteiger partial charge in [0.05, 0.1) is 6.42 Å². The normalized spacial score (nSPS) is 12.9. The molecule has 22 heavy (non-hydrogen) atoms. The fraction of sp³-hybridized carbons (Fsp3) is 0.556.